The molecule has 2 rings (SSSR count). The molecule has 0 spiro atoms. The number of rotatable bonds is 3. The lowest BCUT2D eigenvalue weighted by Crippen LogP contribution is -2.23. The number of hydrogen-bond donors (Lipinski definition) is 1. The van der Waals surface area contributed by atoms with Crippen LogP contribution in [0.1, 0.15) is 29.5 Å². The van der Waals surface area contributed by atoms with Crippen molar-refractivity contribution in [2.45, 2.75) is 26.3 Å². The van der Waals surface area contributed by atoms with E-state index in [2.05, 4.69) is 18.8 Å². The molecular formula is C14H17NO2S. The molecule has 0 radical (unpaired) electrons. The summed E-state index contributed by atoms with van der Waals surface area (Å²) in [5.41, 5.74) is 0. The Hall–Kier alpha value is -1.31. The van der Waals surface area contributed by atoms with Gasteiger partial charge >= 0.3 is 0 Å². The number of amides is 1. The van der Waals surface area contributed by atoms with Crippen molar-refractivity contribution in [1.82, 2.24) is 4.90 Å². The van der Waals surface area contributed by atoms with Gasteiger partial charge in [-0.15, -0.1) is 11.3 Å². The summed E-state index contributed by atoms with van der Waals surface area (Å²) in [6.45, 7) is 3.78. The number of aliphatic hydroxyl groups excluding tert-OH is 1. The Kier molecular flexibility index (Phi) is 4.40. The molecular weight excluding hydrogens is 246 g/mol. The highest BCUT2D eigenvalue weighted by molar-refractivity contribution is 7.12. The third-order valence-electron chi connectivity index (χ3n) is 2.86. The Morgan fingerprint density at radius 1 is 1.56 bits per heavy atom. The Morgan fingerprint density at radius 2 is 2.39 bits per heavy atom. The zero-order valence-corrected chi connectivity index (χ0v) is 11.3. The van der Waals surface area contributed by atoms with E-state index in [4.69, 9.17) is 5.11 Å². The first-order chi connectivity index (χ1) is 8.69. The second kappa shape index (κ2) is 6.03. The summed E-state index contributed by atoms with van der Waals surface area (Å²) in [6, 6.07) is 4.01. The Morgan fingerprint density at radius 3 is 3.06 bits per heavy atom. The van der Waals surface area contributed by atoms with E-state index in [1.165, 1.54) is 4.88 Å². The van der Waals surface area contributed by atoms with E-state index in [9.17, 15) is 4.79 Å². The molecule has 1 amide bonds. The molecule has 1 aliphatic heterocycles. The minimum Gasteiger partial charge on any atom is -0.395 e. The van der Waals surface area contributed by atoms with Crippen LogP contribution in [0.15, 0.2) is 12.1 Å². The number of thiophene rings is 1. The Labute approximate surface area is 111 Å². The van der Waals surface area contributed by atoms with E-state index in [-0.39, 0.29) is 12.5 Å². The third-order valence-corrected chi connectivity index (χ3v) is 3.85. The molecule has 2 heterocycles. The number of nitrogens with zero attached hydrogens (tertiary/aromatic N) is 1. The molecule has 0 bridgehead atoms. The maximum Gasteiger partial charge on any atom is 0.223 e. The predicted molar refractivity (Wildman–Crippen MR) is 72.1 cm³/mol. The van der Waals surface area contributed by atoms with E-state index < -0.39 is 0 Å². The van der Waals surface area contributed by atoms with Crippen LogP contribution >= 0.6 is 11.3 Å². The number of hydrogen-bond acceptors (Lipinski definition) is 3. The first-order valence-electron chi connectivity index (χ1n) is 6.15. The van der Waals surface area contributed by atoms with Gasteiger partial charge in [-0.2, -0.15) is 0 Å². The quantitative estimate of drug-likeness (QED) is 0.846. The summed E-state index contributed by atoms with van der Waals surface area (Å²) < 4.78 is 0. The van der Waals surface area contributed by atoms with Crippen LogP contribution in [0.2, 0.25) is 0 Å². The fraction of sp³-hybridized carbons (Fsp3) is 0.500. The number of likely N-dealkylation sites (tertiary alicyclic amines) is 1. The van der Waals surface area contributed by atoms with Crippen LogP contribution in [-0.4, -0.2) is 29.1 Å². The van der Waals surface area contributed by atoms with Gasteiger partial charge in [0.25, 0.3) is 0 Å². The van der Waals surface area contributed by atoms with Crippen molar-refractivity contribution in [2.24, 2.45) is 5.92 Å². The first kappa shape index (κ1) is 13.1. The van der Waals surface area contributed by atoms with Crippen molar-refractivity contribution >= 4 is 17.2 Å². The lowest BCUT2D eigenvalue weighted by molar-refractivity contribution is -0.128. The average molecular weight is 263 g/mol. The van der Waals surface area contributed by atoms with Crippen LogP contribution in [0.5, 0.6) is 0 Å². The van der Waals surface area contributed by atoms with Gasteiger partial charge in [0.15, 0.2) is 0 Å². The molecule has 1 N–H and O–H groups in total. The van der Waals surface area contributed by atoms with Gasteiger partial charge in [-0.25, -0.2) is 0 Å². The fourth-order valence-corrected chi connectivity index (χ4v) is 2.94. The zero-order chi connectivity index (χ0) is 13.0. The van der Waals surface area contributed by atoms with E-state index in [1.807, 2.05) is 17.0 Å². The lowest BCUT2D eigenvalue weighted by atomic mass is 10.2. The molecule has 1 aromatic rings. The molecule has 0 aromatic carbocycles. The molecule has 1 saturated heterocycles. The topological polar surface area (TPSA) is 40.5 Å². The molecule has 96 valence electrons. The van der Waals surface area contributed by atoms with Crippen molar-refractivity contribution in [2.75, 3.05) is 13.2 Å². The summed E-state index contributed by atoms with van der Waals surface area (Å²) in [6.07, 6.45) is 1.18. The SMILES string of the molecule is CC1CC(=O)N(Cc2ccc(C#CCCO)s2)C1. The number of aliphatic hydroxyl groups is 1. The largest absolute Gasteiger partial charge is 0.395 e. The highest BCUT2D eigenvalue weighted by Crippen LogP contribution is 2.23. The van der Waals surface area contributed by atoms with Crippen LogP contribution < -0.4 is 0 Å². The molecule has 1 aliphatic rings. The Balaban J connectivity index is 1.95. The molecule has 1 aromatic heterocycles. The normalized spacial score (nSPS) is 18.9. The molecule has 0 saturated carbocycles. The first-order valence-corrected chi connectivity index (χ1v) is 6.97. The van der Waals surface area contributed by atoms with E-state index >= 15 is 0 Å². The van der Waals surface area contributed by atoms with Crippen LogP contribution in [-0.2, 0) is 11.3 Å². The van der Waals surface area contributed by atoms with E-state index in [0.717, 1.165) is 11.4 Å². The molecule has 0 aliphatic carbocycles. The Bertz CT molecular complexity index is 483. The van der Waals surface area contributed by atoms with Crippen LogP contribution in [0.3, 0.4) is 0 Å². The monoisotopic (exact) mass is 263 g/mol. The minimum absolute atomic E-state index is 0.103. The van der Waals surface area contributed by atoms with Gasteiger partial charge in [0, 0.05) is 24.3 Å². The van der Waals surface area contributed by atoms with Gasteiger partial charge in [0.1, 0.15) is 0 Å². The zero-order valence-electron chi connectivity index (χ0n) is 10.5. The van der Waals surface area contributed by atoms with Gasteiger partial charge in [-0.05, 0) is 18.1 Å². The standard InChI is InChI=1S/C14H17NO2S/c1-11-8-14(17)15(9-11)10-13-6-5-12(18-13)4-2-3-7-16/h5-6,11,16H,3,7-10H2,1H3. The highest BCUT2D eigenvalue weighted by Gasteiger charge is 2.26. The summed E-state index contributed by atoms with van der Waals surface area (Å²) in [7, 11) is 0. The van der Waals surface area contributed by atoms with E-state index in [1.54, 1.807) is 11.3 Å². The average Bonchev–Trinajstić information content (AvgIpc) is 2.88. The van der Waals surface area contributed by atoms with Gasteiger partial charge in [-0.1, -0.05) is 18.8 Å². The minimum atomic E-state index is 0.103. The molecule has 18 heavy (non-hydrogen) atoms. The van der Waals surface area contributed by atoms with Crippen molar-refractivity contribution in [3.63, 3.8) is 0 Å². The molecule has 1 atom stereocenters. The van der Waals surface area contributed by atoms with Crippen molar-refractivity contribution < 1.29 is 9.90 Å². The second-order valence-electron chi connectivity index (χ2n) is 4.62. The lowest BCUT2D eigenvalue weighted by Gasteiger charge is -2.14. The molecule has 1 unspecified atom stereocenters. The number of carbonyl (C=O) groups is 1. The van der Waals surface area contributed by atoms with Gasteiger partial charge in [0.05, 0.1) is 18.0 Å². The van der Waals surface area contributed by atoms with Crippen LogP contribution in [0.4, 0.5) is 0 Å². The predicted octanol–water partition coefficient (Wildman–Crippen LogP) is 1.85. The summed E-state index contributed by atoms with van der Waals surface area (Å²) >= 11 is 1.62. The van der Waals surface area contributed by atoms with Gasteiger partial charge in [0.2, 0.25) is 5.91 Å². The summed E-state index contributed by atoms with van der Waals surface area (Å²) in [5.74, 6) is 6.65. The van der Waals surface area contributed by atoms with Crippen molar-refractivity contribution in [3.8, 4) is 11.8 Å². The van der Waals surface area contributed by atoms with Gasteiger partial charge < -0.3 is 10.0 Å². The molecule has 1 fully saturated rings. The second-order valence-corrected chi connectivity index (χ2v) is 5.79. The maximum absolute atomic E-state index is 11.7. The molecule has 4 heteroatoms. The van der Waals surface area contributed by atoms with Crippen LogP contribution in [0, 0.1) is 17.8 Å². The smallest absolute Gasteiger partial charge is 0.223 e. The number of carbonyl (C=O) groups excluding carboxylic acids is 1. The fourth-order valence-electron chi connectivity index (χ4n) is 2.05. The maximum atomic E-state index is 11.7. The molecule has 3 nitrogen and oxygen atoms in total. The highest BCUT2D eigenvalue weighted by atomic mass is 32.1. The summed E-state index contributed by atoms with van der Waals surface area (Å²) in [5, 5.41) is 8.65. The third kappa shape index (κ3) is 3.34. The van der Waals surface area contributed by atoms with Crippen molar-refractivity contribution in [3.05, 3.63) is 21.9 Å². The van der Waals surface area contributed by atoms with Crippen molar-refractivity contribution in [1.29, 1.82) is 0 Å². The van der Waals surface area contributed by atoms with Crippen LogP contribution in [0.25, 0.3) is 0 Å². The van der Waals surface area contributed by atoms with E-state index in [0.29, 0.717) is 25.3 Å². The summed E-state index contributed by atoms with van der Waals surface area (Å²) in [4.78, 5) is 15.8. The van der Waals surface area contributed by atoms with Gasteiger partial charge in [-0.3, -0.25) is 4.79 Å².